The molecule has 1 N–H and O–H groups in total. The van der Waals surface area contributed by atoms with Crippen molar-refractivity contribution in [2.45, 2.75) is 22.5 Å². The summed E-state index contributed by atoms with van der Waals surface area (Å²) in [4.78, 5) is 1.47. The molecule has 0 amide bonds. The Kier molecular flexibility index (Phi) is 1.13. The number of thiophene rings is 1. The normalized spacial score (nSPS) is 24.4. The van der Waals surface area contributed by atoms with Crippen LogP contribution >= 0.6 is 23.1 Å². The highest BCUT2D eigenvalue weighted by molar-refractivity contribution is 8.01. The van der Waals surface area contributed by atoms with Crippen LogP contribution in [0.3, 0.4) is 0 Å². The predicted octanol–water partition coefficient (Wildman–Crippen LogP) is 2.80. The van der Waals surface area contributed by atoms with Gasteiger partial charge in [-0.15, -0.1) is 23.1 Å². The van der Waals surface area contributed by atoms with Crippen molar-refractivity contribution in [3.63, 3.8) is 0 Å². The van der Waals surface area contributed by atoms with E-state index in [1.54, 1.807) is 0 Å². The zero-order chi connectivity index (χ0) is 7.31. The van der Waals surface area contributed by atoms with E-state index < -0.39 is 0 Å². The van der Waals surface area contributed by atoms with E-state index in [9.17, 15) is 0 Å². The van der Waals surface area contributed by atoms with E-state index in [4.69, 9.17) is 0 Å². The van der Waals surface area contributed by atoms with Crippen molar-refractivity contribution in [2.24, 2.45) is 0 Å². The molecule has 0 radical (unpaired) electrons. The van der Waals surface area contributed by atoms with Gasteiger partial charge in [0.05, 0.1) is 0 Å². The van der Waals surface area contributed by atoms with Gasteiger partial charge in [0.1, 0.15) is 5.00 Å². The molecule has 2 heterocycles. The van der Waals surface area contributed by atoms with E-state index in [0.717, 1.165) is 0 Å². The van der Waals surface area contributed by atoms with E-state index >= 15 is 0 Å². The molecular weight excluding hydrogens is 174 g/mol. The molecule has 1 nitrogen and oxygen atoms in total. The fourth-order valence-corrected chi connectivity index (χ4v) is 3.69. The fraction of sp³-hybridized carbons (Fsp3) is 0.500. The third kappa shape index (κ3) is 0.908. The predicted molar refractivity (Wildman–Crippen MR) is 50.6 cm³/mol. The quantitative estimate of drug-likeness (QED) is 0.664. The van der Waals surface area contributed by atoms with Gasteiger partial charge in [-0.3, -0.25) is 0 Å². The minimum Gasteiger partial charge on any atom is -0.375 e. The van der Waals surface area contributed by atoms with Crippen LogP contribution in [-0.4, -0.2) is 11.3 Å². The second-order valence-corrected chi connectivity index (χ2v) is 5.68. The van der Waals surface area contributed by atoms with E-state index in [1.165, 1.54) is 29.3 Å². The molecule has 2 aliphatic rings. The van der Waals surface area contributed by atoms with Crippen LogP contribution in [-0.2, 0) is 0 Å². The van der Waals surface area contributed by atoms with Crippen molar-refractivity contribution >= 4 is 28.1 Å². The van der Waals surface area contributed by atoms with E-state index in [1.807, 2.05) is 11.3 Å². The highest BCUT2D eigenvalue weighted by Gasteiger charge is 2.46. The molecular formula is C8H9NS2. The number of anilines is 1. The minimum absolute atomic E-state index is 0.605. The number of nitrogens with one attached hydrogen (secondary N) is 1. The Bertz CT molecular complexity index is 288. The molecule has 0 bridgehead atoms. The van der Waals surface area contributed by atoms with Gasteiger partial charge in [-0.2, -0.15) is 0 Å². The lowest BCUT2D eigenvalue weighted by Crippen LogP contribution is -2.21. The average molecular weight is 183 g/mol. The van der Waals surface area contributed by atoms with Crippen molar-refractivity contribution in [1.29, 1.82) is 0 Å². The lowest BCUT2D eigenvalue weighted by molar-refractivity contribution is 0.930. The molecule has 1 aliphatic heterocycles. The van der Waals surface area contributed by atoms with Gasteiger partial charge in [0.25, 0.3) is 0 Å². The third-order valence-electron chi connectivity index (χ3n) is 2.33. The standard InChI is InChI=1S/C8H9NS2/c1-4-10-7-6(1)11-8(2-3-8)5-9-7/h1,4,9H,2-3,5H2. The molecule has 0 unspecified atom stereocenters. The fourth-order valence-electron chi connectivity index (χ4n) is 1.44. The molecule has 0 atom stereocenters. The number of rotatable bonds is 0. The van der Waals surface area contributed by atoms with Crippen molar-refractivity contribution in [3.8, 4) is 0 Å². The first kappa shape index (κ1) is 6.38. The molecule has 1 aliphatic carbocycles. The van der Waals surface area contributed by atoms with E-state index in [2.05, 4.69) is 28.5 Å². The Hall–Kier alpha value is -0.150. The number of fused-ring (bicyclic) bond motifs is 1. The molecule has 0 aromatic carbocycles. The minimum atomic E-state index is 0.605. The van der Waals surface area contributed by atoms with Crippen LogP contribution in [0, 0.1) is 0 Å². The zero-order valence-electron chi connectivity index (χ0n) is 6.09. The molecule has 11 heavy (non-hydrogen) atoms. The highest BCUT2D eigenvalue weighted by atomic mass is 32.2. The lowest BCUT2D eigenvalue weighted by Gasteiger charge is -2.21. The second kappa shape index (κ2) is 1.96. The molecule has 0 saturated heterocycles. The van der Waals surface area contributed by atoms with Crippen LogP contribution in [0.2, 0.25) is 0 Å². The summed E-state index contributed by atoms with van der Waals surface area (Å²) >= 11 is 3.90. The Labute approximate surface area is 74.2 Å². The van der Waals surface area contributed by atoms with Gasteiger partial charge in [-0.25, -0.2) is 0 Å². The van der Waals surface area contributed by atoms with Gasteiger partial charge in [-0.1, -0.05) is 0 Å². The number of hydrogen-bond acceptors (Lipinski definition) is 3. The zero-order valence-corrected chi connectivity index (χ0v) is 7.73. The first-order chi connectivity index (χ1) is 5.38. The Morgan fingerprint density at radius 1 is 1.45 bits per heavy atom. The molecule has 1 saturated carbocycles. The van der Waals surface area contributed by atoms with Crippen molar-refractivity contribution in [3.05, 3.63) is 11.4 Å². The summed E-state index contributed by atoms with van der Waals surface area (Å²) in [6, 6.07) is 2.23. The van der Waals surface area contributed by atoms with Crippen LogP contribution in [0.1, 0.15) is 12.8 Å². The third-order valence-corrected chi connectivity index (χ3v) is 4.88. The summed E-state index contributed by atoms with van der Waals surface area (Å²) in [5, 5.41) is 7.05. The van der Waals surface area contributed by atoms with E-state index in [0.29, 0.717) is 4.75 Å². The van der Waals surface area contributed by atoms with Crippen LogP contribution in [0.4, 0.5) is 5.00 Å². The van der Waals surface area contributed by atoms with Gasteiger partial charge < -0.3 is 5.32 Å². The average Bonchev–Trinajstić information content (AvgIpc) is 2.63. The summed E-state index contributed by atoms with van der Waals surface area (Å²) in [5.74, 6) is 0. The van der Waals surface area contributed by atoms with Crippen molar-refractivity contribution in [1.82, 2.24) is 0 Å². The first-order valence-electron chi connectivity index (χ1n) is 3.88. The Morgan fingerprint density at radius 3 is 3.18 bits per heavy atom. The summed E-state index contributed by atoms with van der Waals surface area (Å²) in [5.41, 5.74) is 0. The summed E-state index contributed by atoms with van der Waals surface area (Å²) in [6.45, 7) is 1.19. The summed E-state index contributed by atoms with van der Waals surface area (Å²) < 4.78 is 0.605. The van der Waals surface area contributed by atoms with Crippen molar-refractivity contribution in [2.75, 3.05) is 11.9 Å². The molecule has 1 aromatic heterocycles. The maximum absolute atomic E-state index is 3.49. The number of hydrogen-bond donors (Lipinski definition) is 1. The first-order valence-corrected chi connectivity index (χ1v) is 5.58. The maximum atomic E-state index is 3.49. The molecule has 3 heteroatoms. The molecule has 1 spiro atoms. The Morgan fingerprint density at radius 2 is 2.36 bits per heavy atom. The molecule has 1 aromatic rings. The second-order valence-electron chi connectivity index (χ2n) is 3.25. The van der Waals surface area contributed by atoms with Gasteiger partial charge in [0.15, 0.2) is 0 Å². The smallest absolute Gasteiger partial charge is 0.102 e. The molecule has 58 valence electrons. The van der Waals surface area contributed by atoms with Crippen LogP contribution in [0.15, 0.2) is 16.3 Å². The summed E-state index contributed by atoms with van der Waals surface area (Å²) in [7, 11) is 0. The molecule has 1 fully saturated rings. The van der Waals surface area contributed by atoms with Crippen LogP contribution in [0.5, 0.6) is 0 Å². The summed E-state index contributed by atoms with van der Waals surface area (Å²) in [6.07, 6.45) is 2.81. The highest BCUT2D eigenvalue weighted by Crippen LogP contribution is 2.56. The van der Waals surface area contributed by atoms with Gasteiger partial charge in [0.2, 0.25) is 0 Å². The van der Waals surface area contributed by atoms with Crippen LogP contribution < -0.4 is 5.32 Å². The lowest BCUT2D eigenvalue weighted by atomic mass is 10.4. The van der Waals surface area contributed by atoms with E-state index in [-0.39, 0.29) is 0 Å². The van der Waals surface area contributed by atoms with Crippen molar-refractivity contribution < 1.29 is 0 Å². The van der Waals surface area contributed by atoms with Gasteiger partial charge in [0, 0.05) is 16.2 Å². The number of thioether (sulfide) groups is 1. The van der Waals surface area contributed by atoms with Gasteiger partial charge >= 0.3 is 0 Å². The monoisotopic (exact) mass is 183 g/mol. The largest absolute Gasteiger partial charge is 0.375 e. The van der Waals surface area contributed by atoms with Crippen LogP contribution in [0.25, 0.3) is 0 Å². The Balaban J connectivity index is 2.00. The van der Waals surface area contributed by atoms with Gasteiger partial charge in [-0.05, 0) is 24.3 Å². The SMILES string of the molecule is c1cc2c(s1)NCC1(CC1)S2. The topological polar surface area (TPSA) is 12.0 Å². The molecule has 3 rings (SSSR count). The maximum Gasteiger partial charge on any atom is 0.102 e.